The van der Waals surface area contributed by atoms with Crippen molar-refractivity contribution in [3.8, 4) is 0 Å². The van der Waals surface area contributed by atoms with Crippen molar-refractivity contribution in [3.63, 3.8) is 0 Å². The number of urea groups is 1. The maximum Gasteiger partial charge on any atom is 0.328 e. The molecule has 3 aromatic rings. The molecule has 5 heterocycles. The van der Waals surface area contributed by atoms with Crippen molar-refractivity contribution in [1.82, 2.24) is 29.8 Å². The van der Waals surface area contributed by atoms with Crippen molar-refractivity contribution in [3.05, 3.63) is 48.3 Å². The highest BCUT2D eigenvalue weighted by Gasteiger charge is 2.27. The van der Waals surface area contributed by atoms with Crippen molar-refractivity contribution in [2.24, 2.45) is 5.92 Å². The number of rotatable bonds is 6. The Hall–Kier alpha value is -3.20. The summed E-state index contributed by atoms with van der Waals surface area (Å²) in [5.41, 5.74) is 4.11. The van der Waals surface area contributed by atoms with Crippen LogP contribution < -0.4 is 10.2 Å². The molecule has 162 valence electrons. The van der Waals surface area contributed by atoms with Crippen LogP contribution >= 0.6 is 0 Å². The number of carbonyl (C=O) groups excluding carboxylic acids is 2. The van der Waals surface area contributed by atoms with Gasteiger partial charge in [-0.05, 0) is 56.0 Å². The van der Waals surface area contributed by atoms with E-state index >= 15 is 0 Å². The number of imidazole rings is 1. The Labute approximate surface area is 180 Å². The monoisotopic (exact) mass is 421 g/mol. The predicted molar refractivity (Wildman–Crippen MR) is 116 cm³/mol. The maximum absolute atomic E-state index is 12.3. The maximum atomic E-state index is 12.3. The SMILES string of the molecule is O=C1CCN(c2cnn3ccc(CC4CCN(CCc5cnc[nH]5)CC4)cc23)C(=O)N1. The van der Waals surface area contributed by atoms with E-state index in [1.165, 1.54) is 24.1 Å². The van der Waals surface area contributed by atoms with E-state index in [9.17, 15) is 9.59 Å². The summed E-state index contributed by atoms with van der Waals surface area (Å²) >= 11 is 0. The van der Waals surface area contributed by atoms with Gasteiger partial charge in [0.2, 0.25) is 5.91 Å². The zero-order valence-corrected chi connectivity index (χ0v) is 17.5. The third-order valence-corrected chi connectivity index (χ3v) is 6.39. The highest BCUT2D eigenvalue weighted by atomic mass is 16.2. The summed E-state index contributed by atoms with van der Waals surface area (Å²) in [5.74, 6) is 0.433. The van der Waals surface area contributed by atoms with Crippen LogP contribution in [-0.4, -0.2) is 62.6 Å². The molecule has 0 bridgehead atoms. The Kier molecular flexibility index (Phi) is 5.42. The molecule has 31 heavy (non-hydrogen) atoms. The summed E-state index contributed by atoms with van der Waals surface area (Å²) < 4.78 is 1.79. The van der Waals surface area contributed by atoms with Crippen LogP contribution in [0.3, 0.4) is 0 Å². The van der Waals surface area contributed by atoms with Gasteiger partial charge in [-0.15, -0.1) is 0 Å². The Morgan fingerprint density at radius 2 is 2.00 bits per heavy atom. The fraction of sp³-hybridized carbons (Fsp3) is 0.455. The first-order chi connectivity index (χ1) is 15.2. The molecule has 2 aliphatic rings. The molecule has 2 saturated heterocycles. The largest absolute Gasteiger partial charge is 0.348 e. The number of pyridine rings is 1. The number of anilines is 1. The van der Waals surface area contributed by atoms with Crippen LogP contribution in [-0.2, 0) is 17.6 Å². The van der Waals surface area contributed by atoms with E-state index in [1.807, 2.05) is 12.4 Å². The van der Waals surface area contributed by atoms with Crippen LogP contribution in [0, 0.1) is 5.92 Å². The third kappa shape index (κ3) is 4.32. The van der Waals surface area contributed by atoms with E-state index < -0.39 is 0 Å². The van der Waals surface area contributed by atoms with E-state index in [4.69, 9.17) is 0 Å². The van der Waals surface area contributed by atoms with Crippen LogP contribution in [0.1, 0.15) is 30.5 Å². The van der Waals surface area contributed by atoms with Crippen molar-refractivity contribution >= 4 is 23.1 Å². The van der Waals surface area contributed by atoms with Crippen LogP contribution in [0.4, 0.5) is 10.5 Å². The number of nitrogens with zero attached hydrogens (tertiary/aromatic N) is 5. The number of fused-ring (bicyclic) bond motifs is 1. The molecule has 3 amide bonds. The minimum atomic E-state index is -0.376. The van der Waals surface area contributed by atoms with Gasteiger partial charge in [-0.2, -0.15) is 5.10 Å². The van der Waals surface area contributed by atoms with Gasteiger partial charge in [-0.3, -0.25) is 15.0 Å². The van der Waals surface area contributed by atoms with Crippen LogP contribution in [0.2, 0.25) is 0 Å². The molecule has 9 heteroatoms. The molecular formula is C22H27N7O2. The number of nitrogens with one attached hydrogen (secondary N) is 2. The molecule has 2 aliphatic heterocycles. The minimum Gasteiger partial charge on any atom is -0.348 e. The lowest BCUT2D eigenvalue weighted by atomic mass is 9.90. The quantitative estimate of drug-likeness (QED) is 0.634. The predicted octanol–water partition coefficient (Wildman–Crippen LogP) is 2.00. The standard InChI is InChI=1S/C22H27N7O2/c30-21-5-9-28(22(31)26-21)20-14-25-29-10-3-17(12-19(20)29)11-16-1-6-27(7-2-16)8-4-18-13-23-15-24-18/h3,10,12-16H,1-2,4-9,11H2,(H,23,24)(H,26,30,31). The van der Waals surface area contributed by atoms with E-state index in [-0.39, 0.29) is 11.9 Å². The summed E-state index contributed by atoms with van der Waals surface area (Å²) in [6.45, 7) is 3.70. The first-order valence-electron chi connectivity index (χ1n) is 10.9. The number of amides is 3. The average molecular weight is 422 g/mol. The number of hydrogen-bond acceptors (Lipinski definition) is 5. The van der Waals surface area contributed by atoms with Gasteiger partial charge in [0.25, 0.3) is 0 Å². The second-order valence-corrected chi connectivity index (χ2v) is 8.47. The molecule has 2 fully saturated rings. The first kappa shape index (κ1) is 19.7. The second-order valence-electron chi connectivity index (χ2n) is 8.47. The molecule has 0 radical (unpaired) electrons. The van der Waals surface area contributed by atoms with Crippen molar-refractivity contribution in [2.75, 3.05) is 31.1 Å². The van der Waals surface area contributed by atoms with Crippen molar-refractivity contribution in [2.45, 2.75) is 32.1 Å². The Bertz CT molecular complexity index is 1070. The molecule has 0 aromatic carbocycles. The first-order valence-corrected chi connectivity index (χ1v) is 10.9. The molecular weight excluding hydrogens is 394 g/mol. The summed E-state index contributed by atoms with van der Waals surface area (Å²) in [6, 6.07) is 3.88. The van der Waals surface area contributed by atoms with Gasteiger partial charge in [0.05, 0.1) is 23.7 Å². The summed E-state index contributed by atoms with van der Waals surface area (Å²) in [6.07, 6.45) is 12.0. The van der Waals surface area contributed by atoms with E-state index in [0.29, 0.717) is 18.9 Å². The number of carbonyl (C=O) groups is 2. The van der Waals surface area contributed by atoms with Gasteiger partial charge >= 0.3 is 6.03 Å². The van der Waals surface area contributed by atoms with Crippen molar-refractivity contribution in [1.29, 1.82) is 0 Å². The molecule has 9 nitrogen and oxygen atoms in total. The van der Waals surface area contributed by atoms with E-state index in [1.54, 1.807) is 21.9 Å². The second kappa shape index (κ2) is 8.50. The fourth-order valence-electron chi connectivity index (χ4n) is 4.59. The average Bonchev–Trinajstić information content (AvgIpc) is 3.43. The van der Waals surface area contributed by atoms with Gasteiger partial charge in [-0.1, -0.05) is 0 Å². The van der Waals surface area contributed by atoms with Gasteiger partial charge in [0.15, 0.2) is 0 Å². The molecule has 0 saturated carbocycles. The molecule has 0 atom stereocenters. The zero-order chi connectivity index (χ0) is 21.2. The lowest BCUT2D eigenvalue weighted by Crippen LogP contribution is -2.49. The molecule has 3 aromatic heterocycles. The number of likely N-dealkylation sites (tertiary alicyclic amines) is 1. The van der Waals surface area contributed by atoms with Gasteiger partial charge in [0, 0.05) is 44.0 Å². The van der Waals surface area contributed by atoms with Gasteiger partial charge < -0.3 is 9.88 Å². The molecule has 0 spiro atoms. The lowest BCUT2D eigenvalue weighted by molar-refractivity contribution is -0.120. The highest BCUT2D eigenvalue weighted by Crippen LogP contribution is 2.27. The van der Waals surface area contributed by atoms with Gasteiger partial charge in [-0.25, -0.2) is 14.3 Å². The number of aromatic amines is 1. The fourth-order valence-corrected chi connectivity index (χ4v) is 4.59. The third-order valence-electron chi connectivity index (χ3n) is 6.39. The normalized spacial score (nSPS) is 18.6. The van der Waals surface area contributed by atoms with Gasteiger partial charge in [0.1, 0.15) is 0 Å². The minimum absolute atomic E-state index is 0.227. The van der Waals surface area contributed by atoms with Crippen LogP contribution in [0.15, 0.2) is 37.1 Å². The zero-order valence-electron chi connectivity index (χ0n) is 17.5. The number of hydrogen-bond donors (Lipinski definition) is 2. The Balaban J connectivity index is 1.21. The topological polar surface area (TPSA) is 98.6 Å². The summed E-state index contributed by atoms with van der Waals surface area (Å²) in [4.78, 5) is 35.1. The van der Waals surface area contributed by atoms with E-state index in [0.717, 1.165) is 43.7 Å². The Morgan fingerprint density at radius 3 is 2.77 bits per heavy atom. The summed E-state index contributed by atoms with van der Waals surface area (Å²) in [7, 11) is 0. The smallest absolute Gasteiger partial charge is 0.328 e. The summed E-state index contributed by atoms with van der Waals surface area (Å²) in [5, 5.41) is 6.77. The Morgan fingerprint density at radius 1 is 1.13 bits per heavy atom. The van der Waals surface area contributed by atoms with Crippen LogP contribution in [0.25, 0.3) is 5.52 Å². The molecule has 2 N–H and O–H groups in total. The number of aromatic nitrogens is 4. The molecule has 0 unspecified atom stereocenters. The van der Waals surface area contributed by atoms with E-state index in [2.05, 4.69) is 37.4 Å². The number of piperidine rings is 1. The van der Waals surface area contributed by atoms with Crippen LogP contribution in [0.5, 0.6) is 0 Å². The lowest BCUT2D eigenvalue weighted by Gasteiger charge is -2.32. The number of H-pyrrole nitrogens is 1. The number of imide groups is 1. The van der Waals surface area contributed by atoms with Crippen molar-refractivity contribution < 1.29 is 9.59 Å². The highest BCUT2D eigenvalue weighted by molar-refractivity contribution is 6.07. The molecule has 5 rings (SSSR count). The molecule has 0 aliphatic carbocycles.